The number of carbonyl (C=O) groups excluding carboxylic acids is 1. The van der Waals surface area contributed by atoms with Crippen molar-refractivity contribution in [3.8, 4) is 23.0 Å². The Morgan fingerprint density at radius 1 is 0.861 bits per heavy atom. The average molecular weight is 579 g/mol. The summed E-state index contributed by atoms with van der Waals surface area (Å²) in [6, 6.07) is 14.2. The maximum Gasteiger partial charge on any atom is 0.265 e. The Bertz CT molecular complexity index is 1360. The number of aryl methyl sites for hydroxylation is 1. The van der Waals surface area contributed by atoms with Crippen LogP contribution < -0.4 is 28.6 Å². The van der Waals surface area contributed by atoms with Crippen LogP contribution in [0.25, 0.3) is 0 Å². The highest BCUT2D eigenvalue weighted by molar-refractivity contribution is 9.10. The van der Waals surface area contributed by atoms with Gasteiger partial charge in [0.15, 0.2) is 11.5 Å². The fourth-order valence-electron chi connectivity index (χ4n) is 3.45. The van der Waals surface area contributed by atoms with Gasteiger partial charge in [0.2, 0.25) is 5.91 Å². The Hall–Kier alpha value is -3.44. The van der Waals surface area contributed by atoms with Crippen molar-refractivity contribution in [2.45, 2.75) is 11.8 Å². The minimum atomic E-state index is -4.28. The van der Waals surface area contributed by atoms with Crippen molar-refractivity contribution in [2.24, 2.45) is 0 Å². The summed E-state index contributed by atoms with van der Waals surface area (Å²) in [6.07, 6.45) is 0. The van der Waals surface area contributed by atoms with E-state index >= 15 is 0 Å². The van der Waals surface area contributed by atoms with Gasteiger partial charge in [-0.3, -0.25) is 9.10 Å². The molecule has 0 aromatic heterocycles. The summed E-state index contributed by atoms with van der Waals surface area (Å²) in [7, 11) is 1.46. The van der Waals surface area contributed by atoms with Crippen LogP contribution in [-0.2, 0) is 14.8 Å². The second-order valence-electron chi connectivity index (χ2n) is 7.58. The van der Waals surface area contributed by atoms with Gasteiger partial charge in [-0.25, -0.2) is 8.42 Å². The SMILES string of the molecule is COc1ccc(OC)c(N(CC(=O)Nc2ccc(Br)c(C)c2)S(=O)(=O)c2ccc(OC)c(OC)c2)c1. The van der Waals surface area contributed by atoms with E-state index in [1.165, 1.54) is 52.7 Å². The third-order valence-electron chi connectivity index (χ3n) is 5.33. The van der Waals surface area contributed by atoms with Crippen LogP contribution in [0.15, 0.2) is 64.0 Å². The van der Waals surface area contributed by atoms with E-state index in [-0.39, 0.29) is 22.1 Å². The summed E-state index contributed by atoms with van der Waals surface area (Å²) in [5, 5.41) is 2.76. The first-order valence-corrected chi connectivity index (χ1v) is 12.9. The summed E-state index contributed by atoms with van der Waals surface area (Å²) < 4.78 is 50.9. The smallest absolute Gasteiger partial charge is 0.265 e. The number of ether oxygens (including phenoxy) is 4. The van der Waals surface area contributed by atoms with Crippen LogP contribution in [0.2, 0.25) is 0 Å². The van der Waals surface area contributed by atoms with Crippen LogP contribution in [0.1, 0.15) is 5.56 Å². The third kappa shape index (κ3) is 5.85. The lowest BCUT2D eigenvalue weighted by Crippen LogP contribution is -2.38. The molecule has 0 aliphatic heterocycles. The van der Waals surface area contributed by atoms with Crippen LogP contribution in [0.3, 0.4) is 0 Å². The van der Waals surface area contributed by atoms with Crippen LogP contribution in [0.5, 0.6) is 23.0 Å². The molecule has 192 valence electrons. The lowest BCUT2D eigenvalue weighted by atomic mass is 10.2. The molecule has 3 aromatic rings. The molecular formula is C25H27BrN2O7S. The predicted molar refractivity (Wildman–Crippen MR) is 141 cm³/mol. The monoisotopic (exact) mass is 578 g/mol. The van der Waals surface area contributed by atoms with Crippen LogP contribution in [0.4, 0.5) is 11.4 Å². The first-order chi connectivity index (χ1) is 17.1. The standard InChI is InChI=1S/C25H27BrN2O7S/c1-16-12-17(6-9-20(16)26)27-25(29)15-28(21-13-18(32-2)7-10-22(21)33-3)36(30,31)19-8-11-23(34-4)24(14-19)35-5/h6-14H,15H2,1-5H3,(H,27,29). The molecule has 0 atom stereocenters. The molecule has 0 saturated carbocycles. The molecule has 11 heteroatoms. The highest BCUT2D eigenvalue weighted by atomic mass is 79.9. The minimum Gasteiger partial charge on any atom is -0.497 e. The van der Waals surface area contributed by atoms with E-state index in [0.717, 1.165) is 14.3 Å². The molecule has 0 aliphatic rings. The number of methoxy groups -OCH3 is 4. The number of hydrogen-bond donors (Lipinski definition) is 1. The fraction of sp³-hybridized carbons (Fsp3) is 0.240. The topological polar surface area (TPSA) is 103 Å². The van der Waals surface area contributed by atoms with E-state index in [9.17, 15) is 13.2 Å². The minimum absolute atomic E-state index is 0.0997. The Morgan fingerprint density at radius 3 is 2.14 bits per heavy atom. The summed E-state index contributed by atoms with van der Waals surface area (Å²) >= 11 is 3.42. The highest BCUT2D eigenvalue weighted by Crippen LogP contribution is 2.37. The van der Waals surface area contributed by atoms with Crippen LogP contribution in [0, 0.1) is 6.92 Å². The lowest BCUT2D eigenvalue weighted by Gasteiger charge is -2.26. The number of nitrogens with zero attached hydrogens (tertiary/aromatic N) is 1. The molecule has 3 aromatic carbocycles. The number of anilines is 2. The van der Waals surface area contributed by atoms with Crippen molar-refractivity contribution in [2.75, 3.05) is 44.6 Å². The van der Waals surface area contributed by atoms with Gasteiger partial charge >= 0.3 is 0 Å². The first kappa shape index (κ1) is 27.2. The highest BCUT2D eigenvalue weighted by Gasteiger charge is 2.31. The number of sulfonamides is 1. The Balaban J connectivity index is 2.09. The number of carbonyl (C=O) groups is 1. The maximum atomic E-state index is 13.9. The molecule has 9 nitrogen and oxygen atoms in total. The number of rotatable bonds is 10. The number of nitrogens with one attached hydrogen (secondary N) is 1. The second-order valence-corrected chi connectivity index (χ2v) is 10.3. The van der Waals surface area contributed by atoms with Crippen molar-refractivity contribution in [1.29, 1.82) is 0 Å². The molecule has 0 aliphatic carbocycles. The van der Waals surface area contributed by atoms with E-state index in [2.05, 4.69) is 21.2 Å². The molecule has 0 radical (unpaired) electrons. The summed E-state index contributed by atoms with van der Waals surface area (Å²) in [5.41, 5.74) is 1.58. The van der Waals surface area contributed by atoms with Gasteiger partial charge in [0.05, 0.1) is 39.0 Å². The predicted octanol–water partition coefficient (Wildman–Crippen LogP) is 4.63. The van der Waals surface area contributed by atoms with Crippen molar-refractivity contribution >= 4 is 43.2 Å². The van der Waals surface area contributed by atoms with Gasteiger partial charge in [-0.15, -0.1) is 0 Å². The summed E-state index contributed by atoms with van der Waals surface area (Å²) in [4.78, 5) is 13.0. The van der Waals surface area contributed by atoms with Gasteiger partial charge in [0.1, 0.15) is 18.0 Å². The van der Waals surface area contributed by atoms with Gasteiger partial charge in [-0.05, 0) is 55.0 Å². The number of amides is 1. The zero-order valence-corrected chi connectivity index (χ0v) is 22.9. The zero-order valence-electron chi connectivity index (χ0n) is 20.5. The largest absolute Gasteiger partial charge is 0.497 e. The van der Waals surface area contributed by atoms with Crippen LogP contribution in [-0.4, -0.2) is 49.3 Å². The Labute approximate surface area is 219 Å². The molecule has 0 spiro atoms. The van der Waals surface area contributed by atoms with E-state index in [0.29, 0.717) is 17.2 Å². The molecular weight excluding hydrogens is 552 g/mol. The molecule has 0 saturated heterocycles. The molecule has 1 N–H and O–H groups in total. The van der Waals surface area contributed by atoms with Gasteiger partial charge in [-0.2, -0.15) is 0 Å². The van der Waals surface area contributed by atoms with Gasteiger partial charge in [0, 0.05) is 22.3 Å². The Kier molecular flexibility index (Phi) is 8.70. The molecule has 0 unspecified atom stereocenters. The average Bonchev–Trinajstić information content (AvgIpc) is 2.88. The lowest BCUT2D eigenvalue weighted by molar-refractivity contribution is -0.114. The van der Waals surface area contributed by atoms with Gasteiger partial charge < -0.3 is 24.3 Å². The van der Waals surface area contributed by atoms with Crippen molar-refractivity contribution < 1.29 is 32.2 Å². The summed E-state index contributed by atoms with van der Waals surface area (Å²) in [5.74, 6) is 0.677. The zero-order chi connectivity index (χ0) is 26.5. The van der Waals surface area contributed by atoms with E-state index in [4.69, 9.17) is 18.9 Å². The Morgan fingerprint density at radius 2 is 1.53 bits per heavy atom. The summed E-state index contributed by atoms with van der Waals surface area (Å²) in [6.45, 7) is 1.35. The van der Waals surface area contributed by atoms with E-state index in [1.807, 2.05) is 6.92 Å². The van der Waals surface area contributed by atoms with Gasteiger partial charge in [-0.1, -0.05) is 15.9 Å². The molecule has 0 bridgehead atoms. The molecule has 1 amide bonds. The third-order valence-corrected chi connectivity index (χ3v) is 7.97. The molecule has 36 heavy (non-hydrogen) atoms. The number of hydrogen-bond acceptors (Lipinski definition) is 7. The first-order valence-electron chi connectivity index (χ1n) is 10.7. The van der Waals surface area contributed by atoms with Crippen molar-refractivity contribution in [3.63, 3.8) is 0 Å². The quantitative estimate of drug-likeness (QED) is 0.374. The van der Waals surface area contributed by atoms with E-state index < -0.39 is 22.5 Å². The molecule has 0 heterocycles. The van der Waals surface area contributed by atoms with Crippen LogP contribution >= 0.6 is 15.9 Å². The number of benzene rings is 3. The normalized spacial score (nSPS) is 10.9. The van der Waals surface area contributed by atoms with Crippen molar-refractivity contribution in [3.05, 3.63) is 64.6 Å². The second kappa shape index (κ2) is 11.5. The van der Waals surface area contributed by atoms with Crippen molar-refractivity contribution in [1.82, 2.24) is 0 Å². The molecule has 3 rings (SSSR count). The number of halogens is 1. The molecule has 0 fully saturated rings. The maximum absolute atomic E-state index is 13.9. The fourth-order valence-corrected chi connectivity index (χ4v) is 5.13. The van der Waals surface area contributed by atoms with E-state index in [1.54, 1.807) is 30.3 Å². The van der Waals surface area contributed by atoms with Gasteiger partial charge in [0.25, 0.3) is 10.0 Å².